The molecule has 1 aromatic carbocycles. The van der Waals surface area contributed by atoms with Gasteiger partial charge in [0.1, 0.15) is 5.82 Å². The number of para-hydroxylation sites is 1. The number of nitrogens with zero attached hydrogens (tertiary/aromatic N) is 2. The fourth-order valence-corrected chi connectivity index (χ4v) is 2.35. The molecule has 0 aliphatic rings. The zero-order valence-electron chi connectivity index (χ0n) is 11.4. The van der Waals surface area contributed by atoms with E-state index >= 15 is 0 Å². The number of fused-ring (bicyclic) bond motifs is 1. The summed E-state index contributed by atoms with van der Waals surface area (Å²) in [5.41, 5.74) is 3.11. The number of carbonyl (C=O) groups is 1. The first-order chi connectivity index (χ1) is 9.04. The molecular formula is C14H18ClN3O. The van der Waals surface area contributed by atoms with E-state index < -0.39 is 0 Å². The molecule has 1 N–H and O–H groups in total. The van der Waals surface area contributed by atoms with Gasteiger partial charge < -0.3 is 9.88 Å². The first kappa shape index (κ1) is 13.9. The molecule has 1 unspecified atom stereocenters. The average molecular weight is 280 g/mol. The Hall–Kier alpha value is -1.55. The highest BCUT2D eigenvalue weighted by Gasteiger charge is 2.16. The molecule has 5 heteroatoms. The van der Waals surface area contributed by atoms with E-state index in [0.29, 0.717) is 13.0 Å². The van der Waals surface area contributed by atoms with Gasteiger partial charge >= 0.3 is 0 Å². The maximum Gasteiger partial charge on any atom is 0.221 e. The van der Waals surface area contributed by atoms with Gasteiger partial charge in [-0.3, -0.25) is 4.79 Å². The summed E-state index contributed by atoms with van der Waals surface area (Å²) in [5.74, 6) is 0.831. The molecule has 0 aliphatic carbocycles. The minimum atomic E-state index is -0.184. The van der Waals surface area contributed by atoms with E-state index in [1.165, 1.54) is 0 Å². The molecular weight excluding hydrogens is 262 g/mol. The Balaban J connectivity index is 2.46. The summed E-state index contributed by atoms with van der Waals surface area (Å²) in [5, 5.41) is 2.45. The molecule has 0 spiro atoms. The Morgan fingerprint density at radius 1 is 1.53 bits per heavy atom. The van der Waals surface area contributed by atoms with Gasteiger partial charge in [-0.1, -0.05) is 12.1 Å². The summed E-state index contributed by atoms with van der Waals surface area (Å²) >= 11 is 6.20. The Kier molecular flexibility index (Phi) is 4.10. The minimum absolute atomic E-state index is 0.0164. The summed E-state index contributed by atoms with van der Waals surface area (Å²) < 4.78 is 2.04. The van der Waals surface area contributed by atoms with Crippen LogP contribution < -0.4 is 5.32 Å². The van der Waals surface area contributed by atoms with Crippen LogP contribution >= 0.6 is 11.6 Å². The van der Waals surface area contributed by atoms with Gasteiger partial charge in [-0.25, -0.2) is 4.98 Å². The van der Waals surface area contributed by atoms with Crippen molar-refractivity contribution < 1.29 is 4.79 Å². The molecule has 0 aliphatic heterocycles. The highest BCUT2D eigenvalue weighted by Crippen LogP contribution is 2.26. The lowest BCUT2D eigenvalue weighted by atomic mass is 10.2. The largest absolute Gasteiger partial charge is 0.359 e. The summed E-state index contributed by atoms with van der Waals surface area (Å²) in [6.07, 6.45) is 0.423. The second-order valence-corrected chi connectivity index (χ2v) is 5.26. The third kappa shape index (κ3) is 2.73. The molecule has 102 valence electrons. The first-order valence-electron chi connectivity index (χ1n) is 6.35. The van der Waals surface area contributed by atoms with E-state index in [0.717, 1.165) is 22.4 Å². The third-order valence-corrected chi connectivity index (χ3v) is 3.40. The molecule has 1 atom stereocenters. The van der Waals surface area contributed by atoms with Crippen LogP contribution in [-0.2, 0) is 11.3 Å². The number of imidazole rings is 1. The van der Waals surface area contributed by atoms with Crippen molar-refractivity contribution in [1.82, 2.24) is 14.9 Å². The molecule has 4 nitrogen and oxygen atoms in total. The molecule has 2 rings (SSSR count). The molecule has 1 aromatic heterocycles. The summed E-state index contributed by atoms with van der Waals surface area (Å²) in [6, 6.07) is 6.04. The Morgan fingerprint density at radius 2 is 2.26 bits per heavy atom. The lowest BCUT2D eigenvalue weighted by Crippen LogP contribution is -2.20. The molecule has 0 saturated carbocycles. The van der Waals surface area contributed by atoms with Crippen LogP contribution in [-0.4, -0.2) is 22.5 Å². The van der Waals surface area contributed by atoms with Crippen molar-refractivity contribution in [1.29, 1.82) is 0 Å². The SMILES string of the molecule is CNC(=O)CCn1c(C(C)Cl)nc2c(C)cccc21. The van der Waals surface area contributed by atoms with Crippen molar-refractivity contribution in [2.24, 2.45) is 0 Å². The van der Waals surface area contributed by atoms with Crippen LogP contribution in [0.25, 0.3) is 11.0 Å². The van der Waals surface area contributed by atoms with Crippen molar-refractivity contribution in [2.45, 2.75) is 32.2 Å². The van der Waals surface area contributed by atoms with Gasteiger partial charge in [0, 0.05) is 20.0 Å². The van der Waals surface area contributed by atoms with Crippen LogP contribution in [0.5, 0.6) is 0 Å². The van der Waals surface area contributed by atoms with Crippen LogP contribution in [0.4, 0.5) is 0 Å². The number of carbonyl (C=O) groups excluding carboxylic acids is 1. The smallest absolute Gasteiger partial charge is 0.221 e. The zero-order valence-corrected chi connectivity index (χ0v) is 12.2. The van der Waals surface area contributed by atoms with E-state index in [2.05, 4.69) is 10.3 Å². The fourth-order valence-electron chi connectivity index (χ4n) is 2.18. The van der Waals surface area contributed by atoms with Crippen LogP contribution in [0.15, 0.2) is 18.2 Å². The maximum atomic E-state index is 11.4. The van der Waals surface area contributed by atoms with E-state index in [-0.39, 0.29) is 11.3 Å². The van der Waals surface area contributed by atoms with E-state index in [1.807, 2.05) is 36.6 Å². The number of halogens is 1. The normalized spacial score (nSPS) is 12.6. The topological polar surface area (TPSA) is 46.9 Å². The molecule has 1 amide bonds. The zero-order chi connectivity index (χ0) is 14.0. The molecule has 0 saturated heterocycles. The standard InChI is InChI=1S/C14H18ClN3O/c1-9-5-4-6-11-13(9)17-14(10(2)15)18(11)8-7-12(19)16-3/h4-6,10H,7-8H2,1-3H3,(H,16,19). The van der Waals surface area contributed by atoms with Crippen LogP contribution in [0.2, 0.25) is 0 Å². The number of nitrogens with one attached hydrogen (secondary N) is 1. The number of aromatic nitrogens is 2. The van der Waals surface area contributed by atoms with Gasteiger partial charge in [0.05, 0.1) is 16.4 Å². The van der Waals surface area contributed by atoms with E-state index in [9.17, 15) is 4.79 Å². The number of benzene rings is 1. The number of hydrogen-bond donors (Lipinski definition) is 1. The predicted octanol–water partition coefficient (Wildman–Crippen LogP) is 2.78. The van der Waals surface area contributed by atoms with Crippen LogP contribution in [0, 0.1) is 6.92 Å². The van der Waals surface area contributed by atoms with Gasteiger partial charge in [0.15, 0.2) is 0 Å². The molecule has 2 aromatic rings. The number of alkyl halides is 1. The number of hydrogen-bond acceptors (Lipinski definition) is 2. The van der Waals surface area contributed by atoms with Crippen molar-refractivity contribution in [3.05, 3.63) is 29.6 Å². The fraction of sp³-hybridized carbons (Fsp3) is 0.429. The monoisotopic (exact) mass is 279 g/mol. The number of rotatable bonds is 4. The van der Waals surface area contributed by atoms with Gasteiger partial charge in [-0.15, -0.1) is 11.6 Å². The van der Waals surface area contributed by atoms with Crippen molar-refractivity contribution in [2.75, 3.05) is 7.05 Å². The van der Waals surface area contributed by atoms with Crippen LogP contribution in [0.1, 0.15) is 30.1 Å². The summed E-state index contributed by atoms with van der Waals surface area (Å²) in [7, 11) is 1.64. The lowest BCUT2D eigenvalue weighted by molar-refractivity contribution is -0.120. The van der Waals surface area contributed by atoms with E-state index in [4.69, 9.17) is 11.6 Å². The second-order valence-electron chi connectivity index (χ2n) is 4.60. The third-order valence-electron chi connectivity index (χ3n) is 3.21. The quantitative estimate of drug-likeness (QED) is 0.875. The molecule has 19 heavy (non-hydrogen) atoms. The molecule has 1 heterocycles. The highest BCUT2D eigenvalue weighted by molar-refractivity contribution is 6.20. The number of aryl methyl sites for hydroxylation is 2. The minimum Gasteiger partial charge on any atom is -0.359 e. The summed E-state index contributed by atoms with van der Waals surface area (Å²) in [4.78, 5) is 16.0. The van der Waals surface area contributed by atoms with Crippen molar-refractivity contribution >= 4 is 28.5 Å². The van der Waals surface area contributed by atoms with Gasteiger partial charge in [-0.05, 0) is 25.5 Å². The first-order valence-corrected chi connectivity index (χ1v) is 6.78. The van der Waals surface area contributed by atoms with Gasteiger partial charge in [0.25, 0.3) is 0 Å². The lowest BCUT2D eigenvalue weighted by Gasteiger charge is -2.09. The summed E-state index contributed by atoms with van der Waals surface area (Å²) in [6.45, 7) is 4.52. The Bertz CT molecular complexity index is 604. The maximum absolute atomic E-state index is 11.4. The molecule has 0 radical (unpaired) electrons. The second kappa shape index (κ2) is 5.61. The Morgan fingerprint density at radius 3 is 2.89 bits per heavy atom. The predicted molar refractivity (Wildman–Crippen MR) is 77.4 cm³/mol. The highest BCUT2D eigenvalue weighted by atomic mass is 35.5. The van der Waals surface area contributed by atoms with Gasteiger partial charge in [-0.2, -0.15) is 0 Å². The number of amides is 1. The van der Waals surface area contributed by atoms with E-state index in [1.54, 1.807) is 7.05 Å². The average Bonchev–Trinajstić information content (AvgIpc) is 2.76. The van der Waals surface area contributed by atoms with Crippen LogP contribution in [0.3, 0.4) is 0 Å². The molecule has 0 bridgehead atoms. The van der Waals surface area contributed by atoms with Crippen molar-refractivity contribution in [3.8, 4) is 0 Å². The molecule has 0 fully saturated rings. The van der Waals surface area contributed by atoms with Gasteiger partial charge in [0.2, 0.25) is 5.91 Å². The van der Waals surface area contributed by atoms with Crippen molar-refractivity contribution in [3.63, 3.8) is 0 Å². The Labute approximate surface area is 117 Å².